The van der Waals surface area contributed by atoms with E-state index in [1.165, 1.54) is 26.4 Å². The standard InChI is InChI=1S/C12H14ClF2NO4/c1-19-9-4-7(3-8(13)10(9)20-2)11(18)16-5-12(14,15)6-17/h3-4,17H,5-6H2,1-2H3,(H,16,18). The third kappa shape index (κ3) is 3.94. The minimum absolute atomic E-state index is 0.0430. The van der Waals surface area contributed by atoms with E-state index in [1.54, 1.807) is 0 Å². The first-order chi connectivity index (χ1) is 9.34. The van der Waals surface area contributed by atoms with Crippen LogP contribution < -0.4 is 14.8 Å². The number of nitrogens with one attached hydrogen (secondary N) is 1. The van der Waals surface area contributed by atoms with Crippen molar-refractivity contribution in [3.05, 3.63) is 22.7 Å². The van der Waals surface area contributed by atoms with Crippen LogP contribution in [0, 0.1) is 0 Å². The number of benzene rings is 1. The van der Waals surface area contributed by atoms with Gasteiger partial charge in [0.2, 0.25) is 0 Å². The number of ether oxygens (including phenoxy) is 2. The monoisotopic (exact) mass is 309 g/mol. The Bertz CT molecular complexity index is 497. The SMILES string of the molecule is COc1cc(C(=O)NCC(F)(F)CO)cc(Cl)c1OC. The second-order valence-electron chi connectivity index (χ2n) is 3.89. The van der Waals surface area contributed by atoms with Crippen LogP contribution in [0.25, 0.3) is 0 Å². The summed E-state index contributed by atoms with van der Waals surface area (Å²) in [5.41, 5.74) is 0.0430. The summed E-state index contributed by atoms with van der Waals surface area (Å²) in [6, 6.07) is 2.59. The number of aliphatic hydroxyl groups excluding tert-OH is 1. The third-order valence-electron chi connectivity index (χ3n) is 2.43. The van der Waals surface area contributed by atoms with Crippen LogP contribution in [-0.2, 0) is 0 Å². The van der Waals surface area contributed by atoms with E-state index in [-0.39, 0.29) is 22.1 Å². The summed E-state index contributed by atoms with van der Waals surface area (Å²) in [5, 5.41) is 10.5. The number of aliphatic hydroxyl groups is 1. The smallest absolute Gasteiger partial charge is 0.287 e. The maximum Gasteiger partial charge on any atom is 0.287 e. The van der Waals surface area contributed by atoms with Crippen molar-refractivity contribution in [1.82, 2.24) is 5.32 Å². The molecule has 0 radical (unpaired) electrons. The second-order valence-corrected chi connectivity index (χ2v) is 4.30. The second kappa shape index (κ2) is 6.71. The summed E-state index contributed by atoms with van der Waals surface area (Å²) in [7, 11) is 2.74. The number of methoxy groups -OCH3 is 2. The number of alkyl halides is 2. The van der Waals surface area contributed by atoms with Gasteiger partial charge in [-0.1, -0.05) is 11.6 Å². The van der Waals surface area contributed by atoms with Crippen LogP contribution in [0.1, 0.15) is 10.4 Å². The molecule has 1 rings (SSSR count). The Kier molecular flexibility index (Phi) is 5.52. The molecule has 0 aliphatic carbocycles. The van der Waals surface area contributed by atoms with E-state index in [1.807, 2.05) is 5.32 Å². The number of carbonyl (C=O) groups is 1. The number of carbonyl (C=O) groups excluding carboxylic acids is 1. The fourth-order valence-corrected chi connectivity index (χ4v) is 1.70. The summed E-state index contributed by atoms with van der Waals surface area (Å²) >= 11 is 5.90. The molecule has 0 aliphatic rings. The van der Waals surface area contributed by atoms with Crippen molar-refractivity contribution in [2.75, 3.05) is 27.4 Å². The molecule has 0 unspecified atom stereocenters. The lowest BCUT2D eigenvalue weighted by Crippen LogP contribution is -2.39. The van der Waals surface area contributed by atoms with Gasteiger partial charge in [0.15, 0.2) is 11.5 Å². The highest BCUT2D eigenvalue weighted by atomic mass is 35.5. The molecule has 0 spiro atoms. The van der Waals surface area contributed by atoms with Gasteiger partial charge >= 0.3 is 0 Å². The van der Waals surface area contributed by atoms with E-state index in [4.69, 9.17) is 26.2 Å². The molecule has 0 atom stereocenters. The van der Waals surface area contributed by atoms with E-state index in [2.05, 4.69) is 0 Å². The molecular formula is C12H14ClF2NO4. The molecule has 2 N–H and O–H groups in total. The van der Waals surface area contributed by atoms with Crippen molar-refractivity contribution >= 4 is 17.5 Å². The molecule has 8 heteroatoms. The van der Waals surface area contributed by atoms with Crippen LogP contribution in [0.15, 0.2) is 12.1 Å². The van der Waals surface area contributed by atoms with Gasteiger partial charge in [-0.15, -0.1) is 0 Å². The highest BCUT2D eigenvalue weighted by Crippen LogP contribution is 2.35. The van der Waals surface area contributed by atoms with Crippen molar-refractivity contribution in [3.63, 3.8) is 0 Å². The molecule has 0 aromatic heterocycles. The van der Waals surface area contributed by atoms with Gasteiger partial charge in [-0.25, -0.2) is 8.78 Å². The molecule has 5 nitrogen and oxygen atoms in total. The van der Waals surface area contributed by atoms with Crippen LogP contribution >= 0.6 is 11.6 Å². The zero-order chi connectivity index (χ0) is 15.3. The molecule has 0 saturated carbocycles. The summed E-state index contributed by atoms with van der Waals surface area (Å²) in [5.74, 6) is -3.69. The molecule has 0 aliphatic heterocycles. The molecule has 0 saturated heterocycles. The molecule has 0 fully saturated rings. The van der Waals surface area contributed by atoms with Gasteiger partial charge in [0.25, 0.3) is 11.8 Å². The van der Waals surface area contributed by atoms with E-state index in [0.717, 1.165) is 0 Å². The topological polar surface area (TPSA) is 67.8 Å². The molecule has 1 aromatic carbocycles. The molecule has 20 heavy (non-hydrogen) atoms. The van der Waals surface area contributed by atoms with Gasteiger partial charge in [0, 0.05) is 5.56 Å². The van der Waals surface area contributed by atoms with Gasteiger partial charge in [-0.05, 0) is 12.1 Å². The number of hydrogen-bond acceptors (Lipinski definition) is 4. The summed E-state index contributed by atoms with van der Waals surface area (Å²) in [6.45, 7) is -2.33. The Balaban J connectivity index is 2.92. The minimum Gasteiger partial charge on any atom is -0.493 e. The lowest BCUT2D eigenvalue weighted by molar-refractivity contribution is -0.0462. The number of hydrogen-bond donors (Lipinski definition) is 2. The highest BCUT2D eigenvalue weighted by molar-refractivity contribution is 6.32. The average Bonchev–Trinajstić information content (AvgIpc) is 2.43. The Morgan fingerprint density at radius 3 is 2.55 bits per heavy atom. The van der Waals surface area contributed by atoms with Gasteiger partial charge in [-0.2, -0.15) is 0 Å². The molecule has 0 heterocycles. The number of halogens is 3. The van der Waals surface area contributed by atoms with Crippen molar-refractivity contribution in [2.45, 2.75) is 5.92 Å². The van der Waals surface area contributed by atoms with Crippen LogP contribution in [0.4, 0.5) is 8.78 Å². The fraction of sp³-hybridized carbons (Fsp3) is 0.417. The van der Waals surface area contributed by atoms with Gasteiger partial charge in [0.1, 0.15) is 6.61 Å². The Hall–Kier alpha value is -1.60. The lowest BCUT2D eigenvalue weighted by Gasteiger charge is -2.15. The zero-order valence-electron chi connectivity index (χ0n) is 10.9. The predicted octanol–water partition coefficient (Wildman–Crippen LogP) is 1.71. The van der Waals surface area contributed by atoms with E-state index in [9.17, 15) is 13.6 Å². The molecule has 1 amide bonds. The zero-order valence-corrected chi connectivity index (χ0v) is 11.6. The summed E-state index contributed by atoms with van der Waals surface area (Å²) in [4.78, 5) is 11.7. The maximum atomic E-state index is 12.8. The quantitative estimate of drug-likeness (QED) is 0.839. The predicted molar refractivity (Wildman–Crippen MR) is 68.9 cm³/mol. The van der Waals surface area contributed by atoms with Crippen molar-refractivity contribution < 1.29 is 28.2 Å². The van der Waals surface area contributed by atoms with Crippen LogP contribution in [0.5, 0.6) is 11.5 Å². The van der Waals surface area contributed by atoms with E-state index < -0.39 is 25.0 Å². The molecular weight excluding hydrogens is 296 g/mol. The van der Waals surface area contributed by atoms with Crippen molar-refractivity contribution in [2.24, 2.45) is 0 Å². The Labute approximate surface area is 119 Å². The first-order valence-electron chi connectivity index (χ1n) is 5.53. The maximum absolute atomic E-state index is 12.8. The molecule has 112 valence electrons. The van der Waals surface area contributed by atoms with Gasteiger partial charge < -0.3 is 19.9 Å². The van der Waals surface area contributed by atoms with Crippen molar-refractivity contribution in [3.8, 4) is 11.5 Å². The van der Waals surface area contributed by atoms with Crippen LogP contribution in [0.2, 0.25) is 5.02 Å². The fourth-order valence-electron chi connectivity index (χ4n) is 1.42. The molecule has 1 aromatic rings. The Morgan fingerprint density at radius 1 is 1.40 bits per heavy atom. The van der Waals surface area contributed by atoms with E-state index in [0.29, 0.717) is 0 Å². The largest absolute Gasteiger partial charge is 0.493 e. The van der Waals surface area contributed by atoms with Crippen LogP contribution in [0.3, 0.4) is 0 Å². The first-order valence-corrected chi connectivity index (χ1v) is 5.91. The summed E-state index contributed by atoms with van der Waals surface area (Å²) < 4.78 is 35.7. The minimum atomic E-state index is -3.38. The highest BCUT2D eigenvalue weighted by Gasteiger charge is 2.28. The van der Waals surface area contributed by atoms with Crippen LogP contribution in [-0.4, -0.2) is 44.3 Å². The molecule has 0 bridgehead atoms. The Morgan fingerprint density at radius 2 is 2.05 bits per heavy atom. The van der Waals surface area contributed by atoms with Gasteiger partial charge in [0.05, 0.1) is 25.8 Å². The van der Waals surface area contributed by atoms with Gasteiger partial charge in [-0.3, -0.25) is 4.79 Å². The lowest BCUT2D eigenvalue weighted by atomic mass is 10.2. The van der Waals surface area contributed by atoms with Crippen molar-refractivity contribution in [1.29, 1.82) is 0 Å². The summed E-state index contributed by atoms with van der Waals surface area (Å²) in [6.07, 6.45) is 0. The average molecular weight is 310 g/mol. The third-order valence-corrected chi connectivity index (χ3v) is 2.72. The number of amides is 1. The first kappa shape index (κ1) is 16.5. The normalized spacial score (nSPS) is 11.1. The number of rotatable bonds is 6. The van der Waals surface area contributed by atoms with E-state index >= 15 is 0 Å².